The molecule has 0 spiro atoms. The van der Waals surface area contributed by atoms with E-state index < -0.39 is 11.4 Å². The van der Waals surface area contributed by atoms with Crippen molar-refractivity contribution < 1.29 is 19.5 Å². The van der Waals surface area contributed by atoms with Gasteiger partial charge in [0.1, 0.15) is 0 Å². The summed E-state index contributed by atoms with van der Waals surface area (Å²) in [6.45, 7) is 3.02. The summed E-state index contributed by atoms with van der Waals surface area (Å²) in [5, 5.41) is 14.8. The molecule has 1 saturated carbocycles. The second-order valence-corrected chi connectivity index (χ2v) is 7.30. The molecule has 6 heteroatoms. The summed E-state index contributed by atoms with van der Waals surface area (Å²) >= 11 is 0. The molecule has 2 amide bonds. The Balaban J connectivity index is 1.89. The van der Waals surface area contributed by atoms with Gasteiger partial charge in [0.15, 0.2) is 0 Å². The average Bonchev–Trinajstić information content (AvgIpc) is 2.55. The van der Waals surface area contributed by atoms with E-state index in [1.54, 1.807) is 24.3 Å². The van der Waals surface area contributed by atoms with Crippen molar-refractivity contribution in [2.75, 3.05) is 5.32 Å². The second-order valence-electron chi connectivity index (χ2n) is 7.30. The van der Waals surface area contributed by atoms with E-state index >= 15 is 0 Å². The fourth-order valence-electron chi connectivity index (χ4n) is 2.90. The zero-order chi connectivity index (χ0) is 18.4. The molecule has 6 nitrogen and oxygen atoms in total. The summed E-state index contributed by atoms with van der Waals surface area (Å²) in [6, 6.07) is 6.88. The van der Waals surface area contributed by atoms with Crippen molar-refractivity contribution in [3.63, 3.8) is 0 Å². The summed E-state index contributed by atoms with van der Waals surface area (Å²) in [6.07, 6.45) is 5.48. The minimum absolute atomic E-state index is 0.100. The molecule has 1 aromatic carbocycles. The van der Waals surface area contributed by atoms with E-state index in [1.165, 1.54) is 20.3 Å². The lowest BCUT2D eigenvalue weighted by Gasteiger charge is -2.22. The minimum atomic E-state index is -1.12. The van der Waals surface area contributed by atoms with E-state index in [0.717, 1.165) is 25.7 Å². The van der Waals surface area contributed by atoms with Crippen molar-refractivity contribution in [3.8, 4) is 0 Å². The van der Waals surface area contributed by atoms with E-state index in [-0.39, 0.29) is 24.3 Å². The highest BCUT2D eigenvalue weighted by Crippen LogP contribution is 2.22. The van der Waals surface area contributed by atoms with Crippen LogP contribution in [0.4, 0.5) is 5.69 Å². The van der Waals surface area contributed by atoms with E-state index in [0.29, 0.717) is 11.3 Å². The van der Waals surface area contributed by atoms with Gasteiger partial charge in [-0.1, -0.05) is 19.3 Å². The molecule has 0 aliphatic heterocycles. The first-order valence-electron chi connectivity index (χ1n) is 8.72. The van der Waals surface area contributed by atoms with Crippen LogP contribution in [0.1, 0.15) is 62.7 Å². The Morgan fingerprint density at radius 2 is 1.68 bits per heavy atom. The summed E-state index contributed by atoms with van der Waals surface area (Å²) in [4.78, 5) is 35.3. The lowest BCUT2D eigenvalue weighted by atomic mass is 9.89. The molecule has 25 heavy (non-hydrogen) atoms. The third-order valence-electron chi connectivity index (χ3n) is 4.55. The first-order valence-corrected chi connectivity index (χ1v) is 8.72. The standard InChI is InChI=1S/C19H26N2O4/c1-19(2,18(24)25)12-16(22)20-15-10-8-13(9-11-15)17(23)21-14-6-4-3-5-7-14/h8-11,14H,3-7,12H2,1-2H3,(H,20,22)(H,21,23)(H,24,25). The first-order chi connectivity index (χ1) is 11.8. The number of benzene rings is 1. The summed E-state index contributed by atoms with van der Waals surface area (Å²) in [7, 11) is 0. The molecule has 0 saturated heterocycles. The van der Waals surface area contributed by atoms with Crippen LogP contribution in [0, 0.1) is 5.41 Å². The van der Waals surface area contributed by atoms with Crippen LogP contribution in [0.15, 0.2) is 24.3 Å². The highest BCUT2D eigenvalue weighted by molar-refractivity contribution is 5.96. The molecule has 0 unspecified atom stereocenters. The fraction of sp³-hybridized carbons (Fsp3) is 0.526. The van der Waals surface area contributed by atoms with Gasteiger partial charge in [0.25, 0.3) is 5.91 Å². The van der Waals surface area contributed by atoms with Crippen LogP contribution in [0.2, 0.25) is 0 Å². The Morgan fingerprint density at radius 3 is 2.24 bits per heavy atom. The zero-order valence-electron chi connectivity index (χ0n) is 14.8. The highest BCUT2D eigenvalue weighted by atomic mass is 16.4. The topological polar surface area (TPSA) is 95.5 Å². The van der Waals surface area contributed by atoms with Gasteiger partial charge >= 0.3 is 5.97 Å². The van der Waals surface area contributed by atoms with Gasteiger partial charge < -0.3 is 15.7 Å². The highest BCUT2D eigenvalue weighted by Gasteiger charge is 2.30. The second kappa shape index (κ2) is 8.14. The monoisotopic (exact) mass is 346 g/mol. The van der Waals surface area contributed by atoms with Crippen LogP contribution in [0.5, 0.6) is 0 Å². The lowest BCUT2D eigenvalue weighted by Crippen LogP contribution is -2.36. The zero-order valence-corrected chi connectivity index (χ0v) is 14.8. The quantitative estimate of drug-likeness (QED) is 0.737. The Bertz CT molecular complexity index is 631. The summed E-state index contributed by atoms with van der Waals surface area (Å²) in [5.74, 6) is -1.49. The van der Waals surface area contributed by atoms with Gasteiger partial charge in [0, 0.05) is 23.7 Å². The van der Waals surface area contributed by atoms with Gasteiger partial charge in [0.2, 0.25) is 5.91 Å². The normalized spacial score (nSPS) is 15.4. The van der Waals surface area contributed by atoms with Crippen LogP contribution >= 0.6 is 0 Å². The average molecular weight is 346 g/mol. The smallest absolute Gasteiger partial charge is 0.309 e. The predicted octanol–water partition coefficient (Wildman–Crippen LogP) is 3.19. The maximum Gasteiger partial charge on any atom is 0.309 e. The van der Waals surface area contributed by atoms with Crippen molar-refractivity contribution in [1.29, 1.82) is 0 Å². The molecule has 1 aliphatic carbocycles. The molecule has 0 bridgehead atoms. The molecular formula is C19H26N2O4. The largest absolute Gasteiger partial charge is 0.481 e. The van der Waals surface area contributed by atoms with Crippen LogP contribution in [0.25, 0.3) is 0 Å². The number of anilines is 1. The Labute approximate surface area is 148 Å². The fourth-order valence-corrected chi connectivity index (χ4v) is 2.90. The number of amides is 2. The van der Waals surface area contributed by atoms with Crippen molar-refractivity contribution in [1.82, 2.24) is 5.32 Å². The number of rotatable bonds is 6. The lowest BCUT2D eigenvalue weighted by molar-refractivity contribution is -0.148. The first kappa shape index (κ1) is 19.0. The number of aliphatic carboxylic acids is 1. The minimum Gasteiger partial charge on any atom is -0.481 e. The Morgan fingerprint density at radius 1 is 1.08 bits per heavy atom. The molecular weight excluding hydrogens is 320 g/mol. The van der Waals surface area contributed by atoms with Crippen LogP contribution in [-0.2, 0) is 9.59 Å². The third kappa shape index (κ3) is 5.59. The SMILES string of the molecule is CC(C)(CC(=O)Nc1ccc(C(=O)NC2CCCCC2)cc1)C(=O)O. The number of carboxylic acid groups (broad SMARTS) is 1. The number of carbonyl (C=O) groups excluding carboxylic acids is 2. The van der Waals surface area contributed by atoms with Crippen LogP contribution in [-0.4, -0.2) is 28.9 Å². The van der Waals surface area contributed by atoms with Crippen molar-refractivity contribution in [3.05, 3.63) is 29.8 Å². The number of nitrogens with one attached hydrogen (secondary N) is 2. The predicted molar refractivity (Wildman–Crippen MR) is 95.4 cm³/mol. The number of hydrogen-bond acceptors (Lipinski definition) is 3. The molecule has 0 heterocycles. The molecule has 0 aromatic heterocycles. The van der Waals surface area contributed by atoms with Gasteiger partial charge in [-0.25, -0.2) is 0 Å². The van der Waals surface area contributed by atoms with Crippen molar-refractivity contribution >= 4 is 23.5 Å². The van der Waals surface area contributed by atoms with Gasteiger partial charge in [0.05, 0.1) is 5.41 Å². The summed E-state index contributed by atoms with van der Waals surface area (Å²) in [5.41, 5.74) is -0.0287. The molecule has 3 N–H and O–H groups in total. The molecule has 2 rings (SSSR count). The van der Waals surface area contributed by atoms with Gasteiger partial charge in [-0.05, 0) is 51.0 Å². The molecule has 0 radical (unpaired) electrons. The van der Waals surface area contributed by atoms with E-state index in [9.17, 15) is 14.4 Å². The number of carbonyl (C=O) groups is 3. The van der Waals surface area contributed by atoms with E-state index in [2.05, 4.69) is 10.6 Å². The third-order valence-corrected chi connectivity index (χ3v) is 4.55. The maximum absolute atomic E-state index is 12.2. The van der Waals surface area contributed by atoms with Crippen molar-refractivity contribution in [2.24, 2.45) is 5.41 Å². The van der Waals surface area contributed by atoms with E-state index in [4.69, 9.17) is 5.11 Å². The summed E-state index contributed by atoms with van der Waals surface area (Å²) < 4.78 is 0. The Hall–Kier alpha value is -2.37. The van der Waals surface area contributed by atoms with Crippen molar-refractivity contribution in [2.45, 2.75) is 58.4 Å². The van der Waals surface area contributed by atoms with E-state index in [1.807, 2.05) is 0 Å². The van der Waals surface area contributed by atoms with Gasteiger partial charge in [-0.15, -0.1) is 0 Å². The number of carboxylic acids is 1. The van der Waals surface area contributed by atoms with Gasteiger partial charge in [-0.2, -0.15) is 0 Å². The van der Waals surface area contributed by atoms with Crippen LogP contribution in [0.3, 0.4) is 0 Å². The molecule has 1 aliphatic rings. The molecule has 1 aromatic rings. The molecule has 1 fully saturated rings. The Kier molecular flexibility index (Phi) is 6.17. The van der Waals surface area contributed by atoms with Gasteiger partial charge in [-0.3, -0.25) is 14.4 Å². The number of hydrogen-bond donors (Lipinski definition) is 3. The molecule has 0 atom stereocenters. The maximum atomic E-state index is 12.2. The molecule has 136 valence electrons. The van der Waals surface area contributed by atoms with Crippen LogP contribution < -0.4 is 10.6 Å².